The lowest BCUT2D eigenvalue weighted by molar-refractivity contribution is 0.0996. The summed E-state index contributed by atoms with van der Waals surface area (Å²) in [6, 6.07) is 2.63. The Morgan fingerprint density at radius 1 is 1.54 bits per heavy atom. The zero-order chi connectivity index (χ0) is 10.0. The number of hydrogen-bond acceptors (Lipinski definition) is 4. The molecule has 0 atom stereocenters. The highest BCUT2D eigenvalue weighted by Crippen LogP contribution is 2.32. The molecule has 0 saturated heterocycles. The van der Waals surface area contributed by atoms with Crippen molar-refractivity contribution in [2.24, 2.45) is 5.73 Å². The Labute approximate surface area is 74.9 Å². The molecule has 70 valence electrons. The first-order chi connectivity index (χ1) is 6.06. The summed E-state index contributed by atoms with van der Waals surface area (Å²) in [6.07, 6.45) is 0. The van der Waals surface area contributed by atoms with Gasteiger partial charge in [0.15, 0.2) is 11.5 Å². The Morgan fingerprint density at radius 2 is 2.15 bits per heavy atom. The topological polar surface area (TPSA) is 98.6 Å². The number of carbonyl (C=O) groups is 1. The number of aromatic hydroxyl groups is 1. The normalized spacial score (nSPS) is 9.62. The van der Waals surface area contributed by atoms with Gasteiger partial charge in [0, 0.05) is 11.8 Å². The first-order valence-electron chi connectivity index (χ1n) is 3.52. The van der Waals surface area contributed by atoms with E-state index in [1.807, 2.05) is 0 Å². The number of carbonyl (C=O) groups excluding carboxylic acids is 1. The molecule has 0 aliphatic heterocycles. The highest BCUT2D eigenvalue weighted by molar-refractivity contribution is 5.97. The van der Waals surface area contributed by atoms with E-state index >= 15 is 0 Å². The summed E-state index contributed by atoms with van der Waals surface area (Å²) in [5.74, 6) is -0.850. The number of phenols is 1. The molecule has 0 spiro atoms. The van der Waals surface area contributed by atoms with Crippen LogP contribution in [0.4, 0.5) is 5.69 Å². The van der Waals surface area contributed by atoms with Crippen molar-refractivity contribution in [2.45, 2.75) is 0 Å². The number of nitrogens with two attached hydrogens (primary N) is 2. The second-order valence-corrected chi connectivity index (χ2v) is 2.49. The largest absolute Gasteiger partial charge is 0.504 e. The van der Waals surface area contributed by atoms with E-state index < -0.39 is 5.91 Å². The molecule has 0 aromatic heterocycles. The molecule has 0 aliphatic carbocycles. The maximum absolute atomic E-state index is 10.9. The van der Waals surface area contributed by atoms with E-state index in [1.54, 1.807) is 0 Å². The van der Waals surface area contributed by atoms with E-state index in [4.69, 9.17) is 16.2 Å². The van der Waals surface area contributed by atoms with Gasteiger partial charge in [0.2, 0.25) is 0 Å². The summed E-state index contributed by atoms with van der Waals surface area (Å²) in [5.41, 5.74) is 10.8. The summed E-state index contributed by atoms with van der Waals surface area (Å²) in [7, 11) is 1.33. The highest BCUT2D eigenvalue weighted by atomic mass is 16.5. The Bertz CT molecular complexity index is 349. The van der Waals surface area contributed by atoms with Gasteiger partial charge >= 0.3 is 0 Å². The first kappa shape index (κ1) is 9.18. The van der Waals surface area contributed by atoms with Crippen LogP contribution in [0.15, 0.2) is 12.1 Å². The Kier molecular flexibility index (Phi) is 2.27. The molecule has 0 unspecified atom stereocenters. The second kappa shape index (κ2) is 3.22. The number of primary amides is 1. The van der Waals surface area contributed by atoms with Gasteiger partial charge in [-0.3, -0.25) is 4.79 Å². The molecule has 0 saturated carbocycles. The lowest BCUT2D eigenvalue weighted by Crippen LogP contribution is -2.13. The lowest BCUT2D eigenvalue weighted by atomic mass is 10.1. The molecule has 13 heavy (non-hydrogen) atoms. The predicted octanol–water partition coefficient (Wildman–Crippen LogP) is 0.0819. The molecule has 0 heterocycles. The third kappa shape index (κ3) is 1.64. The summed E-state index contributed by atoms with van der Waals surface area (Å²) >= 11 is 0. The SMILES string of the molecule is COc1c(O)cc(N)cc1C(N)=O. The quantitative estimate of drug-likeness (QED) is 0.564. The third-order valence-electron chi connectivity index (χ3n) is 1.56. The average molecular weight is 182 g/mol. The molecule has 0 bridgehead atoms. The van der Waals surface area contributed by atoms with E-state index in [0.29, 0.717) is 0 Å². The summed E-state index contributed by atoms with van der Waals surface area (Å²) < 4.78 is 4.79. The molecule has 1 rings (SSSR count). The van der Waals surface area contributed by atoms with E-state index in [-0.39, 0.29) is 22.7 Å². The second-order valence-electron chi connectivity index (χ2n) is 2.49. The van der Waals surface area contributed by atoms with Crippen molar-refractivity contribution in [3.05, 3.63) is 17.7 Å². The molecule has 5 heteroatoms. The first-order valence-corrected chi connectivity index (χ1v) is 3.52. The van der Waals surface area contributed by atoms with Gasteiger partial charge in [-0.1, -0.05) is 0 Å². The molecule has 1 aromatic carbocycles. The Hall–Kier alpha value is -1.91. The van der Waals surface area contributed by atoms with Crippen molar-refractivity contribution in [1.29, 1.82) is 0 Å². The fraction of sp³-hybridized carbons (Fsp3) is 0.125. The summed E-state index contributed by atoms with van der Waals surface area (Å²) in [6.45, 7) is 0. The van der Waals surface area contributed by atoms with Gasteiger partial charge in [0.25, 0.3) is 5.91 Å². The monoisotopic (exact) mass is 182 g/mol. The summed E-state index contributed by atoms with van der Waals surface area (Å²) in [5, 5.41) is 9.31. The van der Waals surface area contributed by atoms with Gasteiger partial charge in [-0.2, -0.15) is 0 Å². The number of phenolic OH excluding ortho intramolecular Hbond substituents is 1. The average Bonchev–Trinajstić information content (AvgIpc) is 2.02. The maximum Gasteiger partial charge on any atom is 0.252 e. The van der Waals surface area contributed by atoms with Crippen LogP contribution in [0.25, 0.3) is 0 Å². The van der Waals surface area contributed by atoms with E-state index in [1.165, 1.54) is 19.2 Å². The minimum atomic E-state index is -0.695. The molecule has 0 fully saturated rings. The van der Waals surface area contributed by atoms with Crippen molar-refractivity contribution in [1.82, 2.24) is 0 Å². The molecule has 0 aliphatic rings. The third-order valence-corrected chi connectivity index (χ3v) is 1.56. The van der Waals surface area contributed by atoms with Gasteiger partial charge in [-0.15, -0.1) is 0 Å². The zero-order valence-electron chi connectivity index (χ0n) is 7.07. The molecular formula is C8H10N2O3. The van der Waals surface area contributed by atoms with Gasteiger partial charge in [0.05, 0.1) is 12.7 Å². The van der Waals surface area contributed by atoms with Gasteiger partial charge < -0.3 is 21.3 Å². The van der Waals surface area contributed by atoms with Crippen molar-refractivity contribution in [2.75, 3.05) is 12.8 Å². The molecule has 5 nitrogen and oxygen atoms in total. The number of nitrogen functional groups attached to an aromatic ring is 1. The lowest BCUT2D eigenvalue weighted by Gasteiger charge is -2.08. The van der Waals surface area contributed by atoms with Crippen LogP contribution in [0.3, 0.4) is 0 Å². The maximum atomic E-state index is 10.9. The van der Waals surface area contributed by atoms with E-state index in [9.17, 15) is 9.90 Å². The fourth-order valence-electron chi connectivity index (χ4n) is 1.03. The van der Waals surface area contributed by atoms with Crippen LogP contribution in [-0.2, 0) is 0 Å². The van der Waals surface area contributed by atoms with Crippen LogP contribution < -0.4 is 16.2 Å². The number of benzene rings is 1. The van der Waals surface area contributed by atoms with Crippen molar-refractivity contribution < 1.29 is 14.6 Å². The van der Waals surface area contributed by atoms with Crippen LogP contribution in [0, 0.1) is 0 Å². The predicted molar refractivity (Wildman–Crippen MR) is 47.6 cm³/mol. The molecule has 1 aromatic rings. The van der Waals surface area contributed by atoms with Gasteiger partial charge in [0.1, 0.15) is 0 Å². The number of rotatable bonds is 2. The van der Waals surface area contributed by atoms with Crippen molar-refractivity contribution in [3.63, 3.8) is 0 Å². The Morgan fingerprint density at radius 3 is 2.62 bits per heavy atom. The van der Waals surface area contributed by atoms with Gasteiger partial charge in [-0.25, -0.2) is 0 Å². The molecular weight excluding hydrogens is 172 g/mol. The minimum Gasteiger partial charge on any atom is -0.504 e. The number of anilines is 1. The number of hydrogen-bond donors (Lipinski definition) is 3. The number of methoxy groups -OCH3 is 1. The van der Waals surface area contributed by atoms with Crippen LogP contribution >= 0.6 is 0 Å². The molecule has 1 amide bonds. The standard InChI is InChI=1S/C8H10N2O3/c1-13-7-5(8(10)12)2-4(9)3-6(7)11/h2-3,11H,9H2,1H3,(H2,10,12). The van der Waals surface area contributed by atoms with E-state index in [0.717, 1.165) is 0 Å². The zero-order valence-corrected chi connectivity index (χ0v) is 7.07. The van der Waals surface area contributed by atoms with Crippen LogP contribution in [-0.4, -0.2) is 18.1 Å². The van der Waals surface area contributed by atoms with E-state index in [2.05, 4.69) is 0 Å². The van der Waals surface area contributed by atoms with Crippen LogP contribution in [0.5, 0.6) is 11.5 Å². The van der Waals surface area contributed by atoms with Crippen LogP contribution in [0.2, 0.25) is 0 Å². The number of amides is 1. The highest BCUT2D eigenvalue weighted by Gasteiger charge is 2.13. The Balaban J connectivity index is 3.38. The summed E-state index contributed by atoms with van der Waals surface area (Å²) in [4.78, 5) is 10.9. The number of ether oxygens (including phenoxy) is 1. The smallest absolute Gasteiger partial charge is 0.252 e. The van der Waals surface area contributed by atoms with Gasteiger partial charge in [-0.05, 0) is 6.07 Å². The molecule has 0 radical (unpaired) electrons. The minimum absolute atomic E-state index is 0.0432. The molecule has 5 N–H and O–H groups in total. The van der Waals surface area contributed by atoms with Crippen molar-refractivity contribution >= 4 is 11.6 Å². The van der Waals surface area contributed by atoms with Crippen molar-refractivity contribution in [3.8, 4) is 11.5 Å². The fourth-order valence-corrected chi connectivity index (χ4v) is 1.03. The van der Waals surface area contributed by atoms with Crippen LogP contribution in [0.1, 0.15) is 10.4 Å².